The van der Waals surface area contributed by atoms with E-state index >= 15 is 0 Å². The third-order valence-corrected chi connectivity index (χ3v) is 4.69. The van der Waals surface area contributed by atoms with Crippen LogP contribution in [-0.4, -0.2) is 46.3 Å². The summed E-state index contributed by atoms with van der Waals surface area (Å²) < 4.78 is 0. The number of hydrogen-bond donors (Lipinski definition) is 3. The number of aromatic hydroxyl groups is 1. The molecule has 1 aliphatic rings. The summed E-state index contributed by atoms with van der Waals surface area (Å²) in [7, 11) is 0. The summed E-state index contributed by atoms with van der Waals surface area (Å²) in [4.78, 5) is 13.1. The van der Waals surface area contributed by atoms with E-state index in [-0.39, 0.29) is 18.2 Å². The van der Waals surface area contributed by atoms with Crippen LogP contribution in [0.2, 0.25) is 10.0 Å². The highest BCUT2D eigenvalue weighted by Crippen LogP contribution is 2.31. The van der Waals surface area contributed by atoms with Crippen molar-refractivity contribution in [2.24, 2.45) is 0 Å². The molecule has 0 aliphatic carbocycles. The second-order valence-electron chi connectivity index (χ2n) is 5.81. The predicted molar refractivity (Wildman–Crippen MR) is 86.3 cm³/mol. The highest BCUT2D eigenvalue weighted by molar-refractivity contribution is 6.42. The highest BCUT2D eigenvalue weighted by Gasteiger charge is 2.32. The summed E-state index contributed by atoms with van der Waals surface area (Å²) in [5.41, 5.74) is -0.149. The van der Waals surface area contributed by atoms with Gasteiger partial charge in [0.15, 0.2) is 0 Å². The molecule has 22 heavy (non-hydrogen) atoms. The van der Waals surface area contributed by atoms with Crippen LogP contribution in [-0.2, 0) is 11.3 Å². The van der Waals surface area contributed by atoms with Crippen LogP contribution in [0.15, 0.2) is 12.1 Å². The van der Waals surface area contributed by atoms with Crippen molar-refractivity contribution in [3.63, 3.8) is 0 Å². The van der Waals surface area contributed by atoms with Crippen LogP contribution in [0.5, 0.6) is 5.75 Å². The fourth-order valence-electron chi connectivity index (χ4n) is 2.54. The zero-order valence-corrected chi connectivity index (χ0v) is 13.9. The minimum absolute atomic E-state index is 0.119. The molecule has 1 saturated heterocycles. The maximum atomic E-state index is 10.9. The standard InChI is InChI=1S/C15H20Cl2N2O3/c1-10(20)18-9-15(22)2-4-19(5-3-15)8-11-6-12(16)13(17)7-14(11)21/h6-7,21-22H,2-5,8-9H2,1H3,(H,18,20). The molecule has 1 aromatic rings. The topological polar surface area (TPSA) is 72.8 Å². The molecule has 3 N–H and O–H groups in total. The number of rotatable bonds is 4. The molecule has 1 amide bonds. The zero-order valence-electron chi connectivity index (χ0n) is 12.4. The maximum Gasteiger partial charge on any atom is 0.216 e. The van der Waals surface area contributed by atoms with Crippen molar-refractivity contribution in [3.8, 4) is 5.75 Å². The number of halogens is 2. The molecule has 5 nitrogen and oxygen atoms in total. The Bertz CT molecular complexity index is 558. The largest absolute Gasteiger partial charge is 0.508 e. The Balaban J connectivity index is 1.92. The Labute approximate surface area is 139 Å². The van der Waals surface area contributed by atoms with Gasteiger partial charge in [0.1, 0.15) is 5.75 Å². The Morgan fingerprint density at radius 1 is 1.32 bits per heavy atom. The first-order valence-corrected chi connectivity index (χ1v) is 7.91. The van der Waals surface area contributed by atoms with Gasteiger partial charge in [0, 0.05) is 44.7 Å². The number of phenolic OH excluding ortho intramolecular Hbond substituents is 1. The number of aliphatic hydroxyl groups is 1. The van der Waals surface area contributed by atoms with Gasteiger partial charge in [0.25, 0.3) is 0 Å². The molecule has 1 heterocycles. The lowest BCUT2D eigenvalue weighted by Gasteiger charge is -2.38. The lowest BCUT2D eigenvalue weighted by Crippen LogP contribution is -2.50. The van der Waals surface area contributed by atoms with E-state index in [4.69, 9.17) is 23.2 Å². The molecule has 7 heteroatoms. The third-order valence-electron chi connectivity index (χ3n) is 3.97. The first-order chi connectivity index (χ1) is 10.3. The van der Waals surface area contributed by atoms with Crippen molar-refractivity contribution >= 4 is 29.1 Å². The molecular formula is C15H20Cl2N2O3. The summed E-state index contributed by atoms with van der Waals surface area (Å²) in [6.07, 6.45) is 1.13. The van der Waals surface area contributed by atoms with Crippen LogP contribution in [0.25, 0.3) is 0 Å². The van der Waals surface area contributed by atoms with Crippen LogP contribution >= 0.6 is 23.2 Å². The number of carbonyl (C=O) groups is 1. The van der Waals surface area contributed by atoms with Gasteiger partial charge in [0.2, 0.25) is 5.91 Å². The molecule has 0 spiro atoms. The SMILES string of the molecule is CC(=O)NCC1(O)CCN(Cc2cc(Cl)c(Cl)cc2O)CC1. The summed E-state index contributed by atoms with van der Waals surface area (Å²) in [5, 5.41) is 23.7. The van der Waals surface area contributed by atoms with Gasteiger partial charge in [-0.3, -0.25) is 9.69 Å². The smallest absolute Gasteiger partial charge is 0.216 e. The Kier molecular flexibility index (Phi) is 5.55. The second kappa shape index (κ2) is 7.04. The molecule has 2 rings (SSSR count). The molecule has 0 radical (unpaired) electrons. The second-order valence-corrected chi connectivity index (χ2v) is 6.62. The molecule has 0 atom stereocenters. The van der Waals surface area contributed by atoms with Gasteiger partial charge >= 0.3 is 0 Å². The molecule has 1 fully saturated rings. The van der Waals surface area contributed by atoms with E-state index in [1.807, 2.05) is 0 Å². The van der Waals surface area contributed by atoms with Crippen molar-refractivity contribution in [3.05, 3.63) is 27.7 Å². The number of piperidine rings is 1. The summed E-state index contributed by atoms with van der Waals surface area (Å²) in [5.74, 6) is -0.0231. The zero-order chi connectivity index (χ0) is 16.3. The highest BCUT2D eigenvalue weighted by atomic mass is 35.5. The molecule has 0 aromatic heterocycles. The van der Waals surface area contributed by atoms with Crippen LogP contribution in [0.1, 0.15) is 25.3 Å². The van der Waals surface area contributed by atoms with Gasteiger partial charge in [-0.25, -0.2) is 0 Å². The van der Waals surface area contributed by atoms with Gasteiger partial charge in [-0.15, -0.1) is 0 Å². The van der Waals surface area contributed by atoms with Crippen LogP contribution in [0.4, 0.5) is 0 Å². The van der Waals surface area contributed by atoms with Crippen molar-refractivity contribution in [1.29, 1.82) is 0 Å². The van der Waals surface area contributed by atoms with E-state index in [1.165, 1.54) is 13.0 Å². The number of nitrogens with zero attached hydrogens (tertiary/aromatic N) is 1. The lowest BCUT2D eigenvalue weighted by atomic mass is 9.91. The van der Waals surface area contributed by atoms with Crippen molar-refractivity contribution < 1.29 is 15.0 Å². The monoisotopic (exact) mass is 346 g/mol. The minimum atomic E-state index is -0.859. The Morgan fingerprint density at radius 2 is 1.91 bits per heavy atom. The Morgan fingerprint density at radius 3 is 2.50 bits per heavy atom. The van der Waals surface area contributed by atoms with E-state index in [0.29, 0.717) is 48.1 Å². The number of amides is 1. The fourth-order valence-corrected chi connectivity index (χ4v) is 2.88. The molecule has 0 bridgehead atoms. The number of benzene rings is 1. The summed E-state index contributed by atoms with van der Waals surface area (Å²) in [6.45, 7) is 3.60. The van der Waals surface area contributed by atoms with Gasteiger partial charge in [-0.2, -0.15) is 0 Å². The Hall–Kier alpha value is -1.01. The van der Waals surface area contributed by atoms with Crippen molar-refractivity contribution in [2.45, 2.75) is 31.9 Å². The average molecular weight is 347 g/mol. The first kappa shape index (κ1) is 17.3. The molecule has 122 valence electrons. The van der Waals surface area contributed by atoms with Crippen LogP contribution < -0.4 is 5.32 Å². The van der Waals surface area contributed by atoms with Crippen LogP contribution in [0, 0.1) is 0 Å². The van der Waals surface area contributed by atoms with Gasteiger partial charge < -0.3 is 15.5 Å². The van der Waals surface area contributed by atoms with E-state index < -0.39 is 5.60 Å². The first-order valence-electron chi connectivity index (χ1n) is 7.15. The van der Waals surface area contributed by atoms with Gasteiger partial charge in [0.05, 0.1) is 15.6 Å². The minimum Gasteiger partial charge on any atom is -0.508 e. The van der Waals surface area contributed by atoms with E-state index in [1.54, 1.807) is 6.07 Å². The third kappa shape index (κ3) is 4.49. The van der Waals surface area contributed by atoms with Crippen molar-refractivity contribution in [1.82, 2.24) is 10.2 Å². The molecule has 0 unspecified atom stereocenters. The predicted octanol–water partition coefficient (Wildman–Crippen LogP) is 2.16. The normalized spacial score (nSPS) is 18.2. The average Bonchev–Trinajstić information content (AvgIpc) is 2.45. The molecule has 0 saturated carbocycles. The lowest BCUT2D eigenvalue weighted by molar-refractivity contribution is -0.120. The summed E-state index contributed by atoms with van der Waals surface area (Å²) >= 11 is 11.8. The van der Waals surface area contributed by atoms with E-state index in [2.05, 4.69) is 10.2 Å². The molecule has 1 aromatic carbocycles. The van der Waals surface area contributed by atoms with Crippen LogP contribution in [0.3, 0.4) is 0 Å². The van der Waals surface area contributed by atoms with Gasteiger partial charge in [-0.05, 0) is 18.9 Å². The maximum absolute atomic E-state index is 10.9. The molecule has 1 aliphatic heterocycles. The van der Waals surface area contributed by atoms with E-state index in [0.717, 1.165) is 0 Å². The van der Waals surface area contributed by atoms with E-state index in [9.17, 15) is 15.0 Å². The quantitative estimate of drug-likeness (QED) is 0.781. The molecular weight excluding hydrogens is 327 g/mol. The number of hydrogen-bond acceptors (Lipinski definition) is 4. The van der Waals surface area contributed by atoms with Crippen molar-refractivity contribution in [2.75, 3.05) is 19.6 Å². The van der Waals surface area contributed by atoms with Gasteiger partial charge in [-0.1, -0.05) is 23.2 Å². The number of likely N-dealkylation sites (tertiary alicyclic amines) is 1. The summed E-state index contributed by atoms with van der Waals surface area (Å²) in [6, 6.07) is 3.10. The number of carbonyl (C=O) groups excluding carboxylic acids is 1. The number of nitrogens with one attached hydrogen (secondary N) is 1. The fraction of sp³-hybridized carbons (Fsp3) is 0.533. The number of phenols is 1.